The molecule has 0 saturated carbocycles. The summed E-state index contributed by atoms with van der Waals surface area (Å²) in [7, 11) is 0. The predicted octanol–water partition coefficient (Wildman–Crippen LogP) is 1.23. The first-order valence-corrected chi connectivity index (χ1v) is 7.34. The van der Waals surface area contributed by atoms with Crippen molar-refractivity contribution < 1.29 is 9.42 Å². The second kappa shape index (κ2) is 6.07. The largest absolute Gasteiger partial charge is 0.350 e. The Balaban J connectivity index is 1.50. The first-order chi connectivity index (χ1) is 10.2. The third kappa shape index (κ3) is 3.12. The molecule has 1 amide bonds. The summed E-state index contributed by atoms with van der Waals surface area (Å²) in [4.78, 5) is 11.9. The van der Waals surface area contributed by atoms with Crippen molar-refractivity contribution in [3.63, 3.8) is 0 Å². The van der Waals surface area contributed by atoms with E-state index in [1.807, 2.05) is 0 Å². The highest BCUT2D eigenvalue weighted by molar-refractivity contribution is 5.76. The summed E-state index contributed by atoms with van der Waals surface area (Å²) in [6.45, 7) is 2.15. The number of carbonyl (C=O) groups excluding carboxylic acids is 1. The average Bonchev–Trinajstić information content (AvgIpc) is 3.09. The van der Waals surface area contributed by atoms with Crippen molar-refractivity contribution in [2.45, 2.75) is 52.0 Å². The Morgan fingerprint density at radius 2 is 2.14 bits per heavy atom. The van der Waals surface area contributed by atoms with Crippen LogP contribution in [-0.4, -0.2) is 26.4 Å². The molecule has 1 aliphatic rings. The van der Waals surface area contributed by atoms with Crippen molar-refractivity contribution >= 4 is 5.91 Å². The minimum Gasteiger partial charge on any atom is -0.350 e. The normalized spacial score (nSPS) is 14.0. The molecule has 7 heteroatoms. The lowest BCUT2D eigenvalue weighted by Crippen LogP contribution is -2.23. The van der Waals surface area contributed by atoms with E-state index in [2.05, 4.69) is 30.5 Å². The number of carbonyl (C=O) groups is 1. The first kappa shape index (κ1) is 13.8. The molecule has 2 aromatic heterocycles. The van der Waals surface area contributed by atoms with Crippen LogP contribution in [0.15, 0.2) is 4.63 Å². The highest BCUT2D eigenvalue weighted by Gasteiger charge is 2.17. The molecule has 0 spiro atoms. The molecule has 112 valence electrons. The van der Waals surface area contributed by atoms with Crippen LogP contribution in [0.25, 0.3) is 0 Å². The van der Waals surface area contributed by atoms with Gasteiger partial charge in [-0.25, -0.2) is 4.63 Å². The topological polar surface area (TPSA) is 96.7 Å². The van der Waals surface area contributed by atoms with Crippen LogP contribution in [0.1, 0.15) is 47.6 Å². The Bertz CT molecular complexity index is 631. The first-order valence-electron chi connectivity index (χ1n) is 7.34. The molecule has 0 atom stereocenters. The van der Waals surface area contributed by atoms with Crippen LogP contribution in [0, 0.1) is 6.92 Å². The number of amides is 1. The lowest BCUT2D eigenvalue weighted by Gasteiger charge is -2.11. The number of nitrogens with zero attached hydrogens (tertiary/aromatic N) is 3. The van der Waals surface area contributed by atoms with E-state index in [9.17, 15) is 4.79 Å². The van der Waals surface area contributed by atoms with Gasteiger partial charge in [-0.15, -0.1) is 0 Å². The van der Waals surface area contributed by atoms with Crippen molar-refractivity contribution in [1.29, 1.82) is 0 Å². The van der Waals surface area contributed by atoms with E-state index in [4.69, 9.17) is 0 Å². The Morgan fingerprint density at radius 3 is 2.95 bits per heavy atom. The third-order valence-corrected chi connectivity index (χ3v) is 3.93. The van der Waals surface area contributed by atoms with Crippen LogP contribution < -0.4 is 5.32 Å². The van der Waals surface area contributed by atoms with E-state index in [0.717, 1.165) is 18.5 Å². The number of hydrogen-bond donors (Lipinski definition) is 2. The fourth-order valence-corrected chi connectivity index (χ4v) is 2.67. The zero-order valence-corrected chi connectivity index (χ0v) is 12.1. The monoisotopic (exact) mass is 289 g/mol. The van der Waals surface area contributed by atoms with Gasteiger partial charge in [0.25, 0.3) is 0 Å². The Labute approximate surface area is 122 Å². The summed E-state index contributed by atoms with van der Waals surface area (Å²) in [6, 6.07) is 0. The maximum absolute atomic E-state index is 11.9. The van der Waals surface area contributed by atoms with Gasteiger partial charge in [0.1, 0.15) is 11.4 Å². The van der Waals surface area contributed by atoms with Gasteiger partial charge >= 0.3 is 0 Å². The zero-order chi connectivity index (χ0) is 14.7. The Morgan fingerprint density at radius 1 is 1.29 bits per heavy atom. The summed E-state index contributed by atoms with van der Waals surface area (Å²) >= 11 is 0. The molecule has 2 heterocycles. The van der Waals surface area contributed by atoms with Gasteiger partial charge in [0.15, 0.2) is 0 Å². The Hall–Kier alpha value is -2.18. The molecule has 0 aliphatic heterocycles. The molecule has 0 fully saturated rings. The fourth-order valence-electron chi connectivity index (χ4n) is 2.67. The summed E-state index contributed by atoms with van der Waals surface area (Å²) in [6.07, 6.45) is 5.69. The SMILES string of the molecule is Cc1nonc1CNC(=O)CCc1n[nH]c2c1CCCC2. The van der Waals surface area contributed by atoms with Crippen LogP contribution in [0.5, 0.6) is 0 Å². The lowest BCUT2D eigenvalue weighted by molar-refractivity contribution is -0.121. The zero-order valence-electron chi connectivity index (χ0n) is 12.1. The maximum atomic E-state index is 11.9. The molecule has 7 nitrogen and oxygen atoms in total. The molecule has 0 unspecified atom stereocenters. The summed E-state index contributed by atoms with van der Waals surface area (Å²) in [5.41, 5.74) is 4.99. The molecular formula is C14H19N5O2. The molecule has 1 aliphatic carbocycles. The number of aryl methyl sites for hydroxylation is 3. The number of aromatic nitrogens is 4. The number of aromatic amines is 1. The van der Waals surface area contributed by atoms with Crippen molar-refractivity contribution in [2.75, 3.05) is 0 Å². The number of fused-ring (bicyclic) bond motifs is 1. The molecular weight excluding hydrogens is 270 g/mol. The number of rotatable bonds is 5. The van der Waals surface area contributed by atoms with Gasteiger partial charge in [0.05, 0.1) is 12.2 Å². The van der Waals surface area contributed by atoms with Gasteiger partial charge in [0, 0.05) is 18.5 Å². The van der Waals surface area contributed by atoms with E-state index in [1.54, 1.807) is 6.92 Å². The van der Waals surface area contributed by atoms with Gasteiger partial charge in [-0.3, -0.25) is 9.89 Å². The van der Waals surface area contributed by atoms with E-state index in [0.29, 0.717) is 30.8 Å². The van der Waals surface area contributed by atoms with Gasteiger partial charge < -0.3 is 5.32 Å². The smallest absolute Gasteiger partial charge is 0.220 e. The standard InChI is InChI=1S/C14H19N5O2/c1-9-13(19-21-18-9)8-15-14(20)7-6-12-10-4-2-3-5-11(10)16-17-12/h2-8H2,1H3,(H,15,20)(H,16,17). The van der Waals surface area contributed by atoms with E-state index < -0.39 is 0 Å². The predicted molar refractivity (Wildman–Crippen MR) is 74.4 cm³/mol. The van der Waals surface area contributed by atoms with Crippen LogP contribution in [0.3, 0.4) is 0 Å². The van der Waals surface area contributed by atoms with E-state index >= 15 is 0 Å². The number of nitrogens with one attached hydrogen (secondary N) is 2. The molecule has 2 aromatic rings. The van der Waals surface area contributed by atoms with Crippen molar-refractivity contribution in [3.05, 3.63) is 28.3 Å². The van der Waals surface area contributed by atoms with Gasteiger partial charge in [-0.05, 0) is 38.2 Å². The minimum atomic E-state index is -0.00930. The molecule has 21 heavy (non-hydrogen) atoms. The molecule has 0 radical (unpaired) electrons. The highest BCUT2D eigenvalue weighted by atomic mass is 16.6. The summed E-state index contributed by atoms with van der Waals surface area (Å²) in [5.74, 6) is -0.00930. The van der Waals surface area contributed by atoms with Gasteiger partial charge in [-0.2, -0.15) is 5.10 Å². The fraction of sp³-hybridized carbons (Fsp3) is 0.571. The second-order valence-electron chi connectivity index (χ2n) is 5.41. The van der Waals surface area contributed by atoms with Crippen molar-refractivity contribution in [3.8, 4) is 0 Å². The van der Waals surface area contributed by atoms with Crippen molar-refractivity contribution in [2.24, 2.45) is 0 Å². The van der Waals surface area contributed by atoms with Crippen LogP contribution in [0.4, 0.5) is 0 Å². The van der Waals surface area contributed by atoms with Gasteiger partial charge in [0.2, 0.25) is 5.91 Å². The molecule has 0 aromatic carbocycles. The quantitative estimate of drug-likeness (QED) is 0.863. The summed E-state index contributed by atoms with van der Waals surface area (Å²) in [5, 5.41) is 17.7. The molecule has 3 rings (SSSR count). The third-order valence-electron chi connectivity index (χ3n) is 3.93. The number of H-pyrrole nitrogens is 1. The van der Waals surface area contributed by atoms with E-state index in [1.165, 1.54) is 24.1 Å². The van der Waals surface area contributed by atoms with Crippen LogP contribution in [0.2, 0.25) is 0 Å². The lowest BCUT2D eigenvalue weighted by atomic mass is 9.94. The van der Waals surface area contributed by atoms with Gasteiger partial charge in [-0.1, -0.05) is 10.3 Å². The second-order valence-corrected chi connectivity index (χ2v) is 5.41. The van der Waals surface area contributed by atoms with Crippen LogP contribution in [-0.2, 0) is 30.6 Å². The molecule has 0 saturated heterocycles. The Kier molecular flexibility index (Phi) is 3.98. The average molecular weight is 289 g/mol. The molecule has 0 bridgehead atoms. The van der Waals surface area contributed by atoms with Crippen molar-refractivity contribution in [1.82, 2.24) is 25.8 Å². The summed E-state index contributed by atoms with van der Waals surface area (Å²) < 4.78 is 4.59. The number of hydrogen-bond acceptors (Lipinski definition) is 5. The highest BCUT2D eigenvalue weighted by Crippen LogP contribution is 2.22. The minimum absolute atomic E-state index is 0.00930. The maximum Gasteiger partial charge on any atom is 0.220 e. The van der Waals surface area contributed by atoms with Crippen LogP contribution >= 0.6 is 0 Å². The van der Waals surface area contributed by atoms with E-state index in [-0.39, 0.29) is 5.91 Å². The molecule has 2 N–H and O–H groups in total.